The van der Waals surface area contributed by atoms with E-state index in [4.69, 9.17) is 11.5 Å². The summed E-state index contributed by atoms with van der Waals surface area (Å²) in [7, 11) is 0. The van der Waals surface area contributed by atoms with Crippen LogP contribution in [0.5, 0.6) is 0 Å². The third-order valence-corrected chi connectivity index (χ3v) is 4.67. The molecule has 1 saturated heterocycles. The maximum absolute atomic E-state index is 13.1. The Labute approximate surface area is 143 Å². The summed E-state index contributed by atoms with van der Waals surface area (Å²) in [5, 5.41) is 2.88. The number of carbonyl (C=O) groups is 2. The van der Waals surface area contributed by atoms with Gasteiger partial charge in [0.1, 0.15) is 5.54 Å². The largest absolute Gasteiger partial charge is 0.368 e. The molecule has 1 unspecified atom stereocenters. The molecule has 0 radical (unpaired) electrons. The molecule has 2 aliphatic rings. The Morgan fingerprint density at radius 2 is 1.84 bits per heavy atom. The van der Waals surface area contributed by atoms with Gasteiger partial charge in [-0.25, -0.2) is 4.79 Å². The van der Waals surface area contributed by atoms with Crippen molar-refractivity contribution in [1.29, 1.82) is 0 Å². The molecule has 4 rings (SSSR count). The highest BCUT2D eigenvalue weighted by molar-refractivity contribution is 6.07. The molecule has 1 spiro atoms. The predicted molar refractivity (Wildman–Crippen MR) is 88.8 cm³/mol. The number of nitrogens with one attached hydrogen (secondary N) is 1. The van der Waals surface area contributed by atoms with Crippen LogP contribution in [0.1, 0.15) is 29.8 Å². The van der Waals surface area contributed by atoms with Crippen molar-refractivity contribution in [1.82, 2.24) is 25.2 Å². The van der Waals surface area contributed by atoms with Crippen LogP contribution >= 0.6 is 0 Å². The van der Waals surface area contributed by atoms with E-state index >= 15 is 0 Å². The van der Waals surface area contributed by atoms with E-state index in [-0.39, 0.29) is 30.2 Å². The minimum Gasteiger partial charge on any atom is -0.368 e. The Morgan fingerprint density at radius 1 is 1.12 bits per heavy atom. The first kappa shape index (κ1) is 15.3. The van der Waals surface area contributed by atoms with Crippen LogP contribution in [0.3, 0.4) is 0 Å². The first-order valence-corrected chi connectivity index (χ1v) is 7.98. The fourth-order valence-corrected chi connectivity index (χ4v) is 3.62. The summed E-state index contributed by atoms with van der Waals surface area (Å²) in [5.41, 5.74) is 12.0. The van der Waals surface area contributed by atoms with Crippen molar-refractivity contribution in [3.8, 4) is 0 Å². The number of carbonyl (C=O) groups excluding carboxylic acids is 2. The number of benzene rings is 1. The molecule has 128 valence electrons. The minimum atomic E-state index is -1.02. The van der Waals surface area contributed by atoms with Crippen LogP contribution in [0.4, 0.5) is 16.7 Å². The van der Waals surface area contributed by atoms with Gasteiger partial charge in [-0.05, 0) is 30.4 Å². The molecule has 0 saturated carbocycles. The Morgan fingerprint density at radius 3 is 2.60 bits per heavy atom. The molecule has 2 heterocycles. The fourth-order valence-electron chi connectivity index (χ4n) is 3.62. The summed E-state index contributed by atoms with van der Waals surface area (Å²) < 4.78 is 0. The van der Waals surface area contributed by atoms with E-state index in [1.54, 1.807) is 0 Å². The van der Waals surface area contributed by atoms with E-state index in [0.29, 0.717) is 6.42 Å². The summed E-state index contributed by atoms with van der Waals surface area (Å²) in [5.74, 6) is -0.226. The van der Waals surface area contributed by atoms with Crippen LogP contribution in [0.15, 0.2) is 24.3 Å². The molecule has 25 heavy (non-hydrogen) atoms. The maximum Gasteiger partial charge on any atom is 0.325 e. The van der Waals surface area contributed by atoms with Gasteiger partial charge in [0.25, 0.3) is 5.91 Å². The van der Waals surface area contributed by atoms with Gasteiger partial charge in [0.15, 0.2) is 5.82 Å². The number of fused-ring (bicyclic) bond motifs is 2. The average Bonchev–Trinajstić information content (AvgIpc) is 2.79. The second-order valence-corrected chi connectivity index (χ2v) is 6.21. The number of nitrogens with two attached hydrogens (primary N) is 2. The molecule has 5 N–H and O–H groups in total. The zero-order valence-corrected chi connectivity index (χ0v) is 13.4. The Kier molecular flexibility index (Phi) is 3.31. The summed E-state index contributed by atoms with van der Waals surface area (Å²) in [6.45, 7) is -0.106. The monoisotopic (exact) mass is 339 g/mol. The number of rotatable bonds is 2. The zero-order chi connectivity index (χ0) is 17.6. The van der Waals surface area contributed by atoms with E-state index in [1.807, 2.05) is 24.3 Å². The number of aryl methyl sites for hydroxylation is 1. The fraction of sp³-hybridized carbons (Fsp3) is 0.312. The van der Waals surface area contributed by atoms with Gasteiger partial charge in [0.05, 0.1) is 6.54 Å². The van der Waals surface area contributed by atoms with Crippen LogP contribution in [0, 0.1) is 0 Å². The number of hydrogen-bond acceptors (Lipinski definition) is 7. The van der Waals surface area contributed by atoms with Crippen LogP contribution in [0.2, 0.25) is 0 Å². The molecule has 9 heteroatoms. The lowest BCUT2D eigenvalue weighted by Gasteiger charge is -2.33. The summed E-state index contributed by atoms with van der Waals surface area (Å²) in [6.07, 6.45) is 2.27. The van der Waals surface area contributed by atoms with Crippen LogP contribution in [0.25, 0.3) is 0 Å². The summed E-state index contributed by atoms with van der Waals surface area (Å²) >= 11 is 0. The van der Waals surface area contributed by atoms with E-state index in [1.165, 1.54) is 0 Å². The van der Waals surface area contributed by atoms with Crippen molar-refractivity contribution in [3.05, 3.63) is 41.2 Å². The van der Waals surface area contributed by atoms with Crippen molar-refractivity contribution in [2.45, 2.75) is 31.3 Å². The van der Waals surface area contributed by atoms with Gasteiger partial charge in [-0.3, -0.25) is 9.69 Å². The van der Waals surface area contributed by atoms with Crippen LogP contribution in [-0.4, -0.2) is 31.8 Å². The SMILES string of the molecule is Nc1nc(N)nc(CN2C(=O)NC3(CCCc4ccccc43)C2=O)n1. The average molecular weight is 339 g/mol. The molecule has 3 amide bonds. The van der Waals surface area contributed by atoms with E-state index < -0.39 is 11.6 Å². The van der Waals surface area contributed by atoms with Crippen molar-refractivity contribution in [2.75, 3.05) is 11.5 Å². The standard InChI is InChI=1S/C16H17N7O2/c17-13-19-11(20-14(18)21-13)8-23-12(24)16(22-15(23)25)7-3-5-9-4-1-2-6-10(9)16/h1-2,4,6H,3,5,7-8H2,(H,22,25)(H4,17,18,19,20,21). The molecular formula is C16H17N7O2. The normalized spacial score (nSPS) is 22.2. The lowest BCUT2D eigenvalue weighted by Crippen LogP contribution is -2.46. The van der Waals surface area contributed by atoms with E-state index in [2.05, 4.69) is 20.3 Å². The number of imide groups is 1. The van der Waals surface area contributed by atoms with E-state index in [0.717, 1.165) is 28.9 Å². The summed E-state index contributed by atoms with van der Waals surface area (Å²) in [4.78, 5) is 38.3. The van der Waals surface area contributed by atoms with Gasteiger partial charge in [-0.15, -0.1) is 0 Å². The van der Waals surface area contributed by atoms with Crippen molar-refractivity contribution in [2.24, 2.45) is 0 Å². The van der Waals surface area contributed by atoms with Crippen molar-refractivity contribution in [3.63, 3.8) is 0 Å². The highest BCUT2D eigenvalue weighted by atomic mass is 16.2. The van der Waals surface area contributed by atoms with Crippen molar-refractivity contribution >= 4 is 23.8 Å². The number of aromatic nitrogens is 3. The van der Waals surface area contributed by atoms with Gasteiger partial charge >= 0.3 is 6.03 Å². The van der Waals surface area contributed by atoms with Crippen LogP contribution in [-0.2, 0) is 23.3 Å². The Balaban J connectivity index is 1.70. The lowest BCUT2D eigenvalue weighted by atomic mass is 9.76. The number of amides is 3. The smallest absolute Gasteiger partial charge is 0.325 e. The third kappa shape index (κ3) is 2.35. The zero-order valence-electron chi connectivity index (χ0n) is 13.4. The lowest BCUT2D eigenvalue weighted by molar-refractivity contribution is -0.132. The third-order valence-electron chi connectivity index (χ3n) is 4.67. The molecule has 1 fully saturated rings. The highest BCUT2D eigenvalue weighted by Gasteiger charge is 2.53. The molecule has 1 aromatic heterocycles. The first-order chi connectivity index (χ1) is 12.0. The number of anilines is 2. The molecule has 1 atom stereocenters. The molecule has 1 aliphatic heterocycles. The highest BCUT2D eigenvalue weighted by Crippen LogP contribution is 2.40. The van der Waals surface area contributed by atoms with Crippen molar-refractivity contribution < 1.29 is 9.59 Å². The molecule has 9 nitrogen and oxygen atoms in total. The Bertz CT molecular complexity index is 864. The molecule has 1 aliphatic carbocycles. The molecular weight excluding hydrogens is 322 g/mol. The van der Waals surface area contributed by atoms with E-state index in [9.17, 15) is 9.59 Å². The van der Waals surface area contributed by atoms with Gasteiger partial charge in [0, 0.05) is 0 Å². The molecule has 2 aromatic rings. The number of urea groups is 1. The number of nitrogens with zero attached hydrogens (tertiary/aromatic N) is 4. The topological polar surface area (TPSA) is 140 Å². The maximum atomic E-state index is 13.1. The van der Waals surface area contributed by atoms with Gasteiger partial charge in [-0.2, -0.15) is 15.0 Å². The van der Waals surface area contributed by atoms with Gasteiger partial charge < -0.3 is 16.8 Å². The Hall–Kier alpha value is -3.23. The minimum absolute atomic E-state index is 0.0488. The molecule has 1 aromatic carbocycles. The predicted octanol–water partition coefficient (Wildman–Crippen LogP) is 0.320. The second-order valence-electron chi connectivity index (χ2n) is 6.21. The summed E-state index contributed by atoms with van der Waals surface area (Å²) in [6, 6.07) is 7.23. The number of nitrogen functional groups attached to an aromatic ring is 2. The van der Waals surface area contributed by atoms with Gasteiger partial charge in [0.2, 0.25) is 11.9 Å². The van der Waals surface area contributed by atoms with Crippen LogP contribution < -0.4 is 16.8 Å². The number of hydrogen-bond donors (Lipinski definition) is 3. The second kappa shape index (κ2) is 5.40. The molecule has 0 bridgehead atoms. The first-order valence-electron chi connectivity index (χ1n) is 7.98. The van der Waals surface area contributed by atoms with Gasteiger partial charge in [-0.1, -0.05) is 24.3 Å². The quantitative estimate of drug-likeness (QED) is 0.669.